The van der Waals surface area contributed by atoms with Crippen LogP contribution in [0.15, 0.2) is 108 Å². The SMILES string of the molecule is CC[C@@H](C)NC(=O)[C@H](Cc1ccccc1)N(Cc1cccc(C)c1)C(=O)CN(c1cccc(Cl)c1Cl)S(=O)(=O)c1ccccc1. The van der Waals surface area contributed by atoms with E-state index in [4.69, 9.17) is 23.2 Å². The summed E-state index contributed by atoms with van der Waals surface area (Å²) in [5, 5.41) is 3.17. The molecule has 0 aliphatic rings. The van der Waals surface area contributed by atoms with Crippen molar-refractivity contribution in [2.45, 2.75) is 57.1 Å². The molecule has 0 aliphatic carbocycles. The fraction of sp³-hybridized carbons (Fsp3) is 0.257. The number of carbonyl (C=O) groups excluding carboxylic acids is 2. The zero-order valence-corrected chi connectivity index (χ0v) is 27.8. The number of nitrogens with one attached hydrogen (secondary N) is 1. The zero-order chi connectivity index (χ0) is 32.6. The first-order chi connectivity index (χ1) is 21.5. The third-order valence-corrected chi connectivity index (χ3v) is 10.1. The van der Waals surface area contributed by atoms with E-state index in [2.05, 4.69) is 5.32 Å². The van der Waals surface area contributed by atoms with E-state index in [0.717, 1.165) is 21.0 Å². The molecule has 0 radical (unpaired) electrons. The van der Waals surface area contributed by atoms with Crippen molar-refractivity contribution >= 4 is 50.7 Å². The van der Waals surface area contributed by atoms with Crippen molar-refractivity contribution in [3.63, 3.8) is 0 Å². The molecule has 4 rings (SSSR count). The fourth-order valence-electron chi connectivity index (χ4n) is 4.92. The van der Waals surface area contributed by atoms with Crippen molar-refractivity contribution in [1.82, 2.24) is 10.2 Å². The van der Waals surface area contributed by atoms with Crippen LogP contribution in [0.3, 0.4) is 0 Å². The number of anilines is 1. The molecule has 4 aromatic carbocycles. The molecule has 0 aliphatic heterocycles. The van der Waals surface area contributed by atoms with Crippen LogP contribution >= 0.6 is 23.2 Å². The number of amides is 2. The molecule has 4 aromatic rings. The molecule has 0 heterocycles. The van der Waals surface area contributed by atoms with Gasteiger partial charge in [0.2, 0.25) is 11.8 Å². The predicted molar refractivity (Wildman–Crippen MR) is 181 cm³/mol. The average molecular weight is 667 g/mol. The van der Waals surface area contributed by atoms with Gasteiger partial charge in [-0.2, -0.15) is 0 Å². The third kappa shape index (κ3) is 8.66. The normalized spacial score (nSPS) is 12.6. The van der Waals surface area contributed by atoms with E-state index in [1.54, 1.807) is 30.3 Å². The molecule has 0 fully saturated rings. The van der Waals surface area contributed by atoms with Crippen LogP contribution in [-0.2, 0) is 32.6 Å². The Hall–Kier alpha value is -3.85. The summed E-state index contributed by atoms with van der Waals surface area (Å²) in [6.45, 7) is 5.27. The Morgan fingerprint density at radius 3 is 2.11 bits per heavy atom. The number of carbonyl (C=O) groups is 2. The zero-order valence-electron chi connectivity index (χ0n) is 25.5. The van der Waals surface area contributed by atoms with Crippen LogP contribution in [0.2, 0.25) is 10.0 Å². The highest BCUT2D eigenvalue weighted by atomic mass is 35.5. The summed E-state index contributed by atoms with van der Waals surface area (Å²) >= 11 is 12.9. The van der Waals surface area contributed by atoms with Gasteiger partial charge < -0.3 is 10.2 Å². The first kappa shape index (κ1) is 34.0. The van der Waals surface area contributed by atoms with Gasteiger partial charge in [-0.05, 0) is 55.7 Å². The second-order valence-electron chi connectivity index (χ2n) is 10.9. The van der Waals surface area contributed by atoms with Gasteiger partial charge in [-0.1, -0.05) is 115 Å². The minimum atomic E-state index is -4.29. The lowest BCUT2D eigenvalue weighted by Gasteiger charge is -2.34. The van der Waals surface area contributed by atoms with Gasteiger partial charge in [0.05, 0.1) is 20.6 Å². The van der Waals surface area contributed by atoms with Crippen LogP contribution in [0.1, 0.15) is 37.0 Å². The van der Waals surface area contributed by atoms with Gasteiger partial charge in [0.1, 0.15) is 12.6 Å². The van der Waals surface area contributed by atoms with E-state index in [1.807, 2.05) is 75.4 Å². The molecule has 45 heavy (non-hydrogen) atoms. The molecule has 0 saturated carbocycles. The van der Waals surface area contributed by atoms with Crippen LogP contribution in [0, 0.1) is 6.92 Å². The second kappa shape index (κ2) is 15.4. The maximum absolute atomic E-state index is 14.5. The van der Waals surface area contributed by atoms with E-state index in [1.165, 1.54) is 23.1 Å². The molecular weight excluding hydrogens is 629 g/mol. The maximum Gasteiger partial charge on any atom is 0.264 e. The lowest BCUT2D eigenvalue weighted by atomic mass is 10.0. The first-order valence-electron chi connectivity index (χ1n) is 14.7. The Morgan fingerprint density at radius 1 is 0.844 bits per heavy atom. The Labute approximate surface area is 275 Å². The minimum Gasteiger partial charge on any atom is -0.352 e. The van der Waals surface area contributed by atoms with Gasteiger partial charge in [0.25, 0.3) is 10.0 Å². The number of hydrogen-bond acceptors (Lipinski definition) is 4. The molecule has 0 spiro atoms. The number of nitrogens with zero attached hydrogens (tertiary/aromatic N) is 2. The Kier molecular flexibility index (Phi) is 11.7. The largest absolute Gasteiger partial charge is 0.352 e. The molecule has 1 N–H and O–H groups in total. The average Bonchev–Trinajstić information content (AvgIpc) is 3.03. The molecule has 2 amide bonds. The highest BCUT2D eigenvalue weighted by molar-refractivity contribution is 7.92. The third-order valence-electron chi connectivity index (χ3n) is 7.52. The van der Waals surface area contributed by atoms with Gasteiger partial charge in [-0.25, -0.2) is 8.42 Å². The van der Waals surface area contributed by atoms with Crippen molar-refractivity contribution in [2.24, 2.45) is 0 Å². The van der Waals surface area contributed by atoms with E-state index in [-0.39, 0.29) is 45.5 Å². The van der Waals surface area contributed by atoms with Gasteiger partial charge in [0, 0.05) is 19.0 Å². The summed E-state index contributed by atoms with van der Waals surface area (Å²) in [5.41, 5.74) is 2.70. The lowest BCUT2D eigenvalue weighted by molar-refractivity contribution is -0.140. The maximum atomic E-state index is 14.5. The number of halogens is 2. The van der Waals surface area contributed by atoms with Crippen molar-refractivity contribution in [3.05, 3.63) is 130 Å². The molecule has 0 saturated heterocycles. The minimum absolute atomic E-state index is 0.00736. The highest BCUT2D eigenvalue weighted by Crippen LogP contribution is 2.35. The van der Waals surface area contributed by atoms with Crippen LogP contribution in [0.4, 0.5) is 5.69 Å². The fourth-order valence-corrected chi connectivity index (χ4v) is 6.82. The number of benzene rings is 4. The van der Waals surface area contributed by atoms with Gasteiger partial charge in [-0.3, -0.25) is 13.9 Å². The Morgan fingerprint density at radius 2 is 1.47 bits per heavy atom. The van der Waals surface area contributed by atoms with E-state index < -0.39 is 28.5 Å². The summed E-state index contributed by atoms with van der Waals surface area (Å²) < 4.78 is 29.2. The molecule has 10 heteroatoms. The first-order valence-corrected chi connectivity index (χ1v) is 16.9. The summed E-state index contributed by atoms with van der Waals surface area (Å²) in [7, 11) is -4.29. The smallest absolute Gasteiger partial charge is 0.264 e. The summed E-state index contributed by atoms with van der Waals surface area (Å²) in [6.07, 6.45) is 0.927. The molecule has 7 nitrogen and oxygen atoms in total. The number of rotatable bonds is 13. The van der Waals surface area contributed by atoms with Crippen molar-refractivity contribution in [2.75, 3.05) is 10.8 Å². The van der Waals surface area contributed by atoms with Crippen molar-refractivity contribution in [1.29, 1.82) is 0 Å². The van der Waals surface area contributed by atoms with E-state index >= 15 is 0 Å². The van der Waals surface area contributed by atoms with Gasteiger partial charge in [0.15, 0.2) is 0 Å². The molecule has 236 valence electrons. The van der Waals surface area contributed by atoms with Crippen LogP contribution in [0.25, 0.3) is 0 Å². The van der Waals surface area contributed by atoms with Gasteiger partial charge >= 0.3 is 0 Å². The molecule has 0 aromatic heterocycles. The Bertz CT molecular complexity index is 1720. The van der Waals surface area contributed by atoms with E-state index in [0.29, 0.717) is 6.42 Å². The predicted octanol–water partition coefficient (Wildman–Crippen LogP) is 7.05. The van der Waals surface area contributed by atoms with Crippen LogP contribution in [0.5, 0.6) is 0 Å². The molecule has 2 atom stereocenters. The topological polar surface area (TPSA) is 86.8 Å². The van der Waals surface area contributed by atoms with Crippen molar-refractivity contribution in [3.8, 4) is 0 Å². The van der Waals surface area contributed by atoms with E-state index in [9.17, 15) is 18.0 Å². The lowest BCUT2D eigenvalue weighted by Crippen LogP contribution is -2.54. The number of aryl methyl sites for hydroxylation is 1. The Balaban J connectivity index is 1.83. The molecular formula is C35H37Cl2N3O4S. The van der Waals surface area contributed by atoms with Crippen LogP contribution in [-0.4, -0.2) is 43.8 Å². The number of sulfonamides is 1. The summed E-state index contributed by atoms with van der Waals surface area (Å²) in [6, 6.07) is 28.5. The van der Waals surface area contributed by atoms with Crippen molar-refractivity contribution < 1.29 is 18.0 Å². The molecule has 0 bridgehead atoms. The summed E-state index contributed by atoms with van der Waals surface area (Å²) in [5.74, 6) is -0.903. The number of hydrogen-bond donors (Lipinski definition) is 1. The highest BCUT2D eigenvalue weighted by Gasteiger charge is 2.35. The quantitative estimate of drug-likeness (QED) is 0.166. The summed E-state index contributed by atoms with van der Waals surface area (Å²) in [4.78, 5) is 29.9. The van der Waals surface area contributed by atoms with Gasteiger partial charge in [-0.15, -0.1) is 0 Å². The second-order valence-corrected chi connectivity index (χ2v) is 13.6. The monoisotopic (exact) mass is 665 g/mol. The molecule has 0 unspecified atom stereocenters. The van der Waals surface area contributed by atoms with Crippen LogP contribution < -0.4 is 9.62 Å². The standard InChI is InChI=1S/C35H37Cl2N3O4S/c1-4-26(3)38-35(42)32(22-27-14-7-5-8-15-27)39(23-28-16-11-13-25(2)21-28)33(41)24-40(31-20-12-19-30(36)34(31)37)45(43,44)29-17-9-6-10-18-29/h5-21,26,32H,4,22-24H2,1-3H3,(H,38,42)/t26-,32+/m1/s1.